The molecule has 0 aromatic carbocycles. The van der Waals surface area contributed by atoms with Crippen molar-refractivity contribution in [3.8, 4) is 0 Å². The molecular weight excluding hydrogens is 187 g/mol. The molecular formula is C6H4Cl2N2O. The quantitative estimate of drug-likeness (QED) is 0.573. The highest BCUT2D eigenvalue weighted by Gasteiger charge is 2.03. The number of aromatic nitrogens is 1. The summed E-state index contributed by atoms with van der Waals surface area (Å²) < 4.78 is 0. The van der Waals surface area contributed by atoms with E-state index in [1.165, 1.54) is 6.20 Å². The summed E-state index contributed by atoms with van der Waals surface area (Å²) in [5.41, 5.74) is 0.339. The molecule has 0 spiro atoms. The maximum absolute atomic E-state index is 10.0. The van der Waals surface area contributed by atoms with Crippen LogP contribution in [0.25, 0.3) is 0 Å². The Morgan fingerprint density at radius 1 is 1.55 bits per heavy atom. The topological polar surface area (TPSA) is 42.0 Å². The van der Waals surface area contributed by atoms with Crippen molar-refractivity contribution in [1.82, 2.24) is 4.98 Å². The predicted molar refractivity (Wildman–Crippen MR) is 43.9 cm³/mol. The molecule has 0 unspecified atom stereocenters. The summed E-state index contributed by atoms with van der Waals surface area (Å²) >= 11 is 11.3. The van der Waals surface area contributed by atoms with E-state index in [4.69, 9.17) is 23.2 Å². The molecule has 1 rings (SSSR count). The van der Waals surface area contributed by atoms with E-state index in [0.717, 1.165) is 0 Å². The number of halogens is 2. The van der Waals surface area contributed by atoms with E-state index in [0.29, 0.717) is 17.1 Å². The molecule has 5 heteroatoms. The minimum atomic E-state index is 0.185. The van der Waals surface area contributed by atoms with E-state index < -0.39 is 0 Å². The number of nitrogens with zero attached hydrogens (tertiary/aromatic N) is 1. The van der Waals surface area contributed by atoms with Crippen LogP contribution in [0.3, 0.4) is 0 Å². The Kier molecular flexibility index (Phi) is 2.68. The SMILES string of the molecule is O=CNc1c(Cl)ccnc1Cl. The molecule has 1 aromatic heterocycles. The Balaban J connectivity index is 3.09. The summed E-state index contributed by atoms with van der Waals surface area (Å²) in [6.07, 6.45) is 1.95. The third kappa shape index (κ3) is 1.82. The van der Waals surface area contributed by atoms with Gasteiger partial charge in [0.2, 0.25) is 6.41 Å². The van der Waals surface area contributed by atoms with Gasteiger partial charge in [0, 0.05) is 6.20 Å². The number of hydrogen-bond donors (Lipinski definition) is 1. The molecule has 58 valence electrons. The van der Waals surface area contributed by atoms with Gasteiger partial charge in [-0.1, -0.05) is 23.2 Å². The summed E-state index contributed by atoms with van der Waals surface area (Å²) in [6.45, 7) is 0. The lowest BCUT2D eigenvalue weighted by Crippen LogP contribution is -1.96. The molecule has 0 aliphatic heterocycles. The largest absolute Gasteiger partial charge is 0.325 e. The molecule has 0 fully saturated rings. The maximum Gasteiger partial charge on any atom is 0.211 e. The van der Waals surface area contributed by atoms with Crippen molar-refractivity contribution in [1.29, 1.82) is 0 Å². The van der Waals surface area contributed by atoms with Crippen LogP contribution < -0.4 is 5.32 Å². The number of hydrogen-bond acceptors (Lipinski definition) is 2. The average molecular weight is 191 g/mol. The van der Waals surface area contributed by atoms with Gasteiger partial charge in [0.25, 0.3) is 0 Å². The highest BCUT2D eigenvalue weighted by atomic mass is 35.5. The fraction of sp³-hybridized carbons (Fsp3) is 0. The van der Waals surface area contributed by atoms with Gasteiger partial charge in [0.1, 0.15) is 0 Å². The zero-order valence-corrected chi connectivity index (χ0v) is 6.86. The van der Waals surface area contributed by atoms with Gasteiger partial charge < -0.3 is 5.32 Å². The van der Waals surface area contributed by atoms with Gasteiger partial charge >= 0.3 is 0 Å². The van der Waals surface area contributed by atoms with Crippen molar-refractivity contribution >= 4 is 35.3 Å². The van der Waals surface area contributed by atoms with Crippen LogP contribution in [0.4, 0.5) is 5.69 Å². The Morgan fingerprint density at radius 3 is 2.82 bits per heavy atom. The highest BCUT2D eigenvalue weighted by molar-refractivity contribution is 6.38. The number of nitrogens with one attached hydrogen (secondary N) is 1. The van der Waals surface area contributed by atoms with Crippen LogP contribution in [0.2, 0.25) is 10.2 Å². The summed E-state index contributed by atoms with van der Waals surface area (Å²) in [5, 5.41) is 2.89. The molecule has 0 aliphatic rings. The Bertz CT molecular complexity index is 257. The van der Waals surface area contributed by atoms with Gasteiger partial charge in [-0.2, -0.15) is 0 Å². The second-order valence-electron chi connectivity index (χ2n) is 1.72. The maximum atomic E-state index is 10.0. The number of carbonyl (C=O) groups is 1. The van der Waals surface area contributed by atoms with E-state index in [2.05, 4.69) is 10.3 Å². The molecule has 0 saturated carbocycles. The first-order valence-corrected chi connectivity index (χ1v) is 3.51. The standard InChI is InChI=1S/C6H4Cl2N2O/c7-4-1-2-9-6(8)5(4)10-3-11/h1-3H,(H,10,11). The fourth-order valence-corrected chi connectivity index (χ4v) is 1.06. The molecule has 0 atom stereocenters. The van der Waals surface area contributed by atoms with Gasteiger partial charge in [-0.15, -0.1) is 0 Å². The monoisotopic (exact) mass is 190 g/mol. The van der Waals surface area contributed by atoms with E-state index in [1.807, 2.05) is 0 Å². The molecule has 1 aromatic rings. The molecule has 1 heterocycles. The Morgan fingerprint density at radius 2 is 2.27 bits per heavy atom. The van der Waals surface area contributed by atoms with Crippen LogP contribution in [0, 0.1) is 0 Å². The number of amides is 1. The van der Waals surface area contributed by atoms with Crippen LogP contribution in [0.15, 0.2) is 12.3 Å². The zero-order valence-electron chi connectivity index (χ0n) is 5.34. The van der Waals surface area contributed by atoms with Gasteiger partial charge in [-0.05, 0) is 6.07 Å². The van der Waals surface area contributed by atoms with Gasteiger partial charge in [-0.25, -0.2) is 4.98 Å². The number of anilines is 1. The normalized spacial score (nSPS) is 9.27. The second kappa shape index (κ2) is 3.55. The summed E-state index contributed by atoms with van der Waals surface area (Å²) in [4.78, 5) is 13.7. The first kappa shape index (κ1) is 8.30. The molecule has 0 radical (unpaired) electrons. The van der Waals surface area contributed by atoms with Gasteiger partial charge in [0.05, 0.1) is 10.7 Å². The van der Waals surface area contributed by atoms with Crippen molar-refractivity contribution in [2.45, 2.75) is 0 Å². The first-order valence-electron chi connectivity index (χ1n) is 2.76. The lowest BCUT2D eigenvalue weighted by atomic mass is 10.4. The molecule has 11 heavy (non-hydrogen) atoms. The van der Waals surface area contributed by atoms with Gasteiger partial charge in [-0.3, -0.25) is 4.79 Å². The van der Waals surface area contributed by atoms with Gasteiger partial charge in [0.15, 0.2) is 5.15 Å². The van der Waals surface area contributed by atoms with Crippen molar-refractivity contribution in [3.63, 3.8) is 0 Å². The molecule has 0 bridgehead atoms. The van der Waals surface area contributed by atoms with E-state index in [-0.39, 0.29) is 5.15 Å². The average Bonchev–Trinajstić information content (AvgIpc) is 1.97. The molecule has 1 N–H and O–H groups in total. The molecule has 0 aliphatic carbocycles. The van der Waals surface area contributed by atoms with Crippen LogP contribution >= 0.6 is 23.2 Å². The summed E-state index contributed by atoms with van der Waals surface area (Å²) in [7, 11) is 0. The van der Waals surface area contributed by atoms with E-state index in [1.54, 1.807) is 6.07 Å². The number of pyridine rings is 1. The third-order valence-corrected chi connectivity index (χ3v) is 1.66. The molecule has 3 nitrogen and oxygen atoms in total. The van der Waals surface area contributed by atoms with Crippen LogP contribution in [0.1, 0.15) is 0 Å². The molecule has 0 saturated heterocycles. The zero-order chi connectivity index (χ0) is 8.27. The summed E-state index contributed by atoms with van der Waals surface area (Å²) in [5.74, 6) is 0. The van der Waals surface area contributed by atoms with Crippen molar-refractivity contribution < 1.29 is 4.79 Å². The highest BCUT2D eigenvalue weighted by Crippen LogP contribution is 2.26. The van der Waals surface area contributed by atoms with E-state index >= 15 is 0 Å². The Labute approximate surface area is 73.3 Å². The van der Waals surface area contributed by atoms with Crippen molar-refractivity contribution in [2.24, 2.45) is 0 Å². The Hall–Kier alpha value is -0.800. The minimum Gasteiger partial charge on any atom is -0.325 e. The predicted octanol–water partition coefficient (Wildman–Crippen LogP) is 1.96. The van der Waals surface area contributed by atoms with Crippen LogP contribution in [-0.4, -0.2) is 11.4 Å². The van der Waals surface area contributed by atoms with Crippen molar-refractivity contribution in [2.75, 3.05) is 5.32 Å². The minimum absolute atomic E-state index is 0.185. The number of carbonyl (C=O) groups excluding carboxylic acids is 1. The second-order valence-corrected chi connectivity index (χ2v) is 2.49. The van der Waals surface area contributed by atoms with Crippen LogP contribution in [-0.2, 0) is 4.79 Å². The molecule has 1 amide bonds. The lowest BCUT2D eigenvalue weighted by molar-refractivity contribution is -0.105. The smallest absolute Gasteiger partial charge is 0.211 e. The fourth-order valence-electron chi connectivity index (χ4n) is 0.602. The summed E-state index contributed by atoms with van der Waals surface area (Å²) in [6, 6.07) is 1.54. The lowest BCUT2D eigenvalue weighted by Gasteiger charge is -2.01. The third-order valence-electron chi connectivity index (χ3n) is 1.06. The van der Waals surface area contributed by atoms with Crippen molar-refractivity contribution in [3.05, 3.63) is 22.4 Å². The van der Waals surface area contributed by atoms with Crippen LogP contribution in [0.5, 0.6) is 0 Å². The first-order chi connectivity index (χ1) is 5.25. The number of rotatable bonds is 2. The van der Waals surface area contributed by atoms with E-state index in [9.17, 15) is 4.79 Å².